The van der Waals surface area contributed by atoms with Crippen LogP contribution in [0.5, 0.6) is 0 Å². The fraction of sp³-hybridized carbons (Fsp3) is 0.467. The van der Waals surface area contributed by atoms with Crippen LogP contribution < -0.4 is 5.32 Å². The molecule has 0 aliphatic carbocycles. The maximum absolute atomic E-state index is 6.22. The highest BCUT2D eigenvalue weighted by molar-refractivity contribution is 6.38. The molecule has 1 aromatic heterocycles. The minimum atomic E-state index is 0.555. The van der Waals surface area contributed by atoms with E-state index in [1.165, 1.54) is 5.56 Å². The molecule has 0 unspecified atom stereocenters. The van der Waals surface area contributed by atoms with Crippen LogP contribution in [-0.2, 0) is 13.0 Å². The van der Waals surface area contributed by atoms with E-state index >= 15 is 0 Å². The van der Waals surface area contributed by atoms with Crippen molar-refractivity contribution in [1.82, 2.24) is 5.32 Å². The van der Waals surface area contributed by atoms with Crippen LogP contribution in [-0.4, -0.2) is 6.54 Å². The SMILES string of the molecule is CCNCc1oc2c(Cl)cc(Cl)cc2c1CC(C)C. The Morgan fingerprint density at radius 2 is 2.00 bits per heavy atom. The topological polar surface area (TPSA) is 25.2 Å². The fourth-order valence-corrected chi connectivity index (χ4v) is 2.77. The average molecular weight is 300 g/mol. The lowest BCUT2D eigenvalue weighted by atomic mass is 10.00. The molecule has 2 rings (SSSR count). The van der Waals surface area contributed by atoms with Gasteiger partial charge in [-0.25, -0.2) is 0 Å². The third-order valence-corrected chi connectivity index (χ3v) is 3.54. The van der Waals surface area contributed by atoms with Crippen LogP contribution >= 0.6 is 23.2 Å². The molecule has 1 heterocycles. The maximum atomic E-state index is 6.22. The van der Waals surface area contributed by atoms with Crippen molar-refractivity contribution >= 4 is 34.2 Å². The van der Waals surface area contributed by atoms with Gasteiger partial charge < -0.3 is 9.73 Å². The Hall–Kier alpha value is -0.700. The largest absolute Gasteiger partial charge is 0.458 e. The monoisotopic (exact) mass is 299 g/mol. The smallest absolute Gasteiger partial charge is 0.153 e. The molecular formula is C15H19Cl2NO. The van der Waals surface area contributed by atoms with Gasteiger partial charge in [0.1, 0.15) is 5.76 Å². The first-order chi connectivity index (χ1) is 9.02. The van der Waals surface area contributed by atoms with E-state index in [2.05, 4.69) is 26.1 Å². The molecule has 0 saturated carbocycles. The summed E-state index contributed by atoms with van der Waals surface area (Å²) in [5, 5.41) is 5.57. The minimum Gasteiger partial charge on any atom is -0.458 e. The number of halogens is 2. The average Bonchev–Trinajstić information content (AvgIpc) is 2.65. The van der Waals surface area contributed by atoms with Crippen molar-refractivity contribution in [2.75, 3.05) is 6.54 Å². The number of furan rings is 1. The van der Waals surface area contributed by atoms with Gasteiger partial charge in [0, 0.05) is 16.0 Å². The van der Waals surface area contributed by atoms with Gasteiger partial charge in [0.2, 0.25) is 0 Å². The van der Waals surface area contributed by atoms with Crippen LogP contribution in [0.25, 0.3) is 11.0 Å². The Morgan fingerprint density at radius 3 is 2.63 bits per heavy atom. The predicted octanol–water partition coefficient (Wildman–Crippen LogP) is 5.05. The normalized spacial score (nSPS) is 11.7. The Balaban J connectivity index is 2.56. The number of rotatable bonds is 5. The molecule has 0 atom stereocenters. The van der Waals surface area contributed by atoms with Crippen LogP contribution in [0.15, 0.2) is 16.5 Å². The highest BCUT2D eigenvalue weighted by Crippen LogP contribution is 2.35. The lowest BCUT2D eigenvalue weighted by Gasteiger charge is -2.06. The second-order valence-corrected chi connectivity index (χ2v) is 5.99. The molecule has 0 aliphatic rings. The number of nitrogens with one attached hydrogen (secondary N) is 1. The predicted molar refractivity (Wildman–Crippen MR) is 82.2 cm³/mol. The van der Waals surface area contributed by atoms with Crippen LogP contribution in [0, 0.1) is 5.92 Å². The van der Waals surface area contributed by atoms with Crippen molar-refractivity contribution in [2.24, 2.45) is 5.92 Å². The van der Waals surface area contributed by atoms with Gasteiger partial charge in [0.15, 0.2) is 5.58 Å². The molecule has 2 nitrogen and oxygen atoms in total. The van der Waals surface area contributed by atoms with Gasteiger partial charge in [-0.1, -0.05) is 44.0 Å². The molecule has 19 heavy (non-hydrogen) atoms. The summed E-state index contributed by atoms with van der Waals surface area (Å²) in [5.41, 5.74) is 1.96. The molecule has 4 heteroatoms. The van der Waals surface area contributed by atoms with Gasteiger partial charge in [-0.05, 0) is 31.0 Å². The molecule has 0 aliphatic heterocycles. The quantitative estimate of drug-likeness (QED) is 0.836. The van der Waals surface area contributed by atoms with E-state index in [-0.39, 0.29) is 0 Å². The zero-order chi connectivity index (χ0) is 14.0. The van der Waals surface area contributed by atoms with E-state index in [0.29, 0.717) is 16.0 Å². The van der Waals surface area contributed by atoms with E-state index in [1.54, 1.807) is 6.07 Å². The van der Waals surface area contributed by atoms with Crippen molar-refractivity contribution in [2.45, 2.75) is 33.7 Å². The van der Waals surface area contributed by atoms with Crippen LogP contribution in [0.3, 0.4) is 0 Å². The van der Waals surface area contributed by atoms with Crippen molar-refractivity contribution in [1.29, 1.82) is 0 Å². The maximum Gasteiger partial charge on any atom is 0.153 e. The highest BCUT2D eigenvalue weighted by atomic mass is 35.5. The van der Waals surface area contributed by atoms with E-state index in [1.807, 2.05) is 6.07 Å². The molecule has 0 saturated heterocycles. The molecule has 0 spiro atoms. The standard InChI is InChI=1S/C15H19Cl2NO/c1-4-18-8-14-11(5-9(2)3)12-6-10(16)7-13(17)15(12)19-14/h6-7,9,18H,4-5,8H2,1-3H3. The minimum absolute atomic E-state index is 0.555. The molecule has 0 radical (unpaired) electrons. The molecule has 0 bridgehead atoms. The fourth-order valence-electron chi connectivity index (χ4n) is 2.24. The van der Waals surface area contributed by atoms with E-state index < -0.39 is 0 Å². The molecule has 1 N–H and O–H groups in total. The second-order valence-electron chi connectivity index (χ2n) is 5.15. The molecule has 0 amide bonds. The summed E-state index contributed by atoms with van der Waals surface area (Å²) in [7, 11) is 0. The van der Waals surface area contributed by atoms with Gasteiger partial charge in [0.05, 0.1) is 11.6 Å². The van der Waals surface area contributed by atoms with E-state index in [4.69, 9.17) is 27.6 Å². The third kappa shape index (κ3) is 3.25. The lowest BCUT2D eigenvalue weighted by molar-refractivity contribution is 0.506. The molecule has 2 aromatic rings. The van der Waals surface area contributed by atoms with Crippen molar-refractivity contribution < 1.29 is 4.42 Å². The van der Waals surface area contributed by atoms with Gasteiger partial charge in [0.25, 0.3) is 0 Å². The number of hydrogen-bond donors (Lipinski definition) is 1. The van der Waals surface area contributed by atoms with Gasteiger partial charge in [-0.2, -0.15) is 0 Å². The number of benzene rings is 1. The summed E-state index contributed by atoms with van der Waals surface area (Å²) in [4.78, 5) is 0. The number of fused-ring (bicyclic) bond motifs is 1. The van der Waals surface area contributed by atoms with Crippen molar-refractivity contribution in [3.63, 3.8) is 0 Å². The second kappa shape index (κ2) is 6.17. The van der Waals surface area contributed by atoms with Gasteiger partial charge >= 0.3 is 0 Å². The Labute approximate surface area is 124 Å². The molecule has 0 fully saturated rings. The van der Waals surface area contributed by atoms with Gasteiger partial charge in [-0.15, -0.1) is 0 Å². The molecule has 1 aromatic carbocycles. The summed E-state index contributed by atoms with van der Waals surface area (Å²) in [6, 6.07) is 3.67. The first-order valence-electron chi connectivity index (χ1n) is 6.63. The summed E-state index contributed by atoms with van der Waals surface area (Å²) < 4.78 is 5.93. The lowest BCUT2D eigenvalue weighted by Crippen LogP contribution is -2.12. The zero-order valence-corrected chi connectivity index (χ0v) is 13.0. The highest BCUT2D eigenvalue weighted by Gasteiger charge is 2.17. The summed E-state index contributed by atoms with van der Waals surface area (Å²) in [6.07, 6.45) is 0.963. The summed E-state index contributed by atoms with van der Waals surface area (Å²) in [5.74, 6) is 1.52. The van der Waals surface area contributed by atoms with E-state index in [0.717, 1.165) is 36.2 Å². The van der Waals surface area contributed by atoms with E-state index in [9.17, 15) is 0 Å². The zero-order valence-electron chi connectivity index (χ0n) is 11.5. The Kier molecular flexibility index (Phi) is 4.77. The van der Waals surface area contributed by atoms with Crippen LogP contribution in [0.4, 0.5) is 0 Å². The Bertz CT molecular complexity index is 575. The first-order valence-corrected chi connectivity index (χ1v) is 7.38. The Morgan fingerprint density at radius 1 is 1.26 bits per heavy atom. The summed E-state index contributed by atoms with van der Waals surface area (Å²) >= 11 is 12.3. The van der Waals surface area contributed by atoms with Crippen molar-refractivity contribution in [3.8, 4) is 0 Å². The van der Waals surface area contributed by atoms with Crippen molar-refractivity contribution in [3.05, 3.63) is 33.5 Å². The first kappa shape index (κ1) is 14.7. The third-order valence-electron chi connectivity index (χ3n) is 3.04. The van der Waals surface area contributed by atoms with Gasteiger partial charge in [-0.3, -0.25) is 0 Å². The summed E-state index contributed by atoms with van der Waals surface area (Å²) in [6.45, 7) is 8.10. The molecular weight excluding hydrogens is 281 g/mol. The van der Waals surface area contributed by atoms with Crippen LogP contribution in [0.1, 0.15) is 32.1 Å². The van der Waals surface area contributed by atoms with Crippen LogP contribution in [0.2, 0.25) is 10.0 Å². The number of hydrogen-bond acceptors (Lipinski definition) is 2. The molecule has 104 valence electrons.